The van der Waals surface area contributed by atoms with Gasteiger partial charge in [-0.3, -0.25) is 0 Å². The van der Waals surface area contributed by atoms with E-state index in [0.717, 1.165) is 0 Å². The van der Waals surface area contributed by atoms with Gasteiger partial charge in [0.25, 0.3) is 0 Å². The van der Waals surface area contributed by atoms with Gasteiger partial charge in [0.1, 0.15) is 4.60 Å². The van der Waals surface area contributed by atoms with Crippen molar-refractivity contribution < 1.29 is 0 Å². The molecule has 14 heavy (non-hydrogen) atoms. The first-order chi connectivity index (χ1) is 6.74. The molecule has 0 fully saturated rings. The summed E-state index contributed by atoms with van der Waals surface area (Å²) >= 11 is 5.26. The molecule has 0 radical (unpaired) electrons. The fraction of sp³-hybridized carbons (Fsp3) is 0.250. The van der Waals surface area contributed by atoms with E-state index in [2.05, 4.69) is 58.3 Å². The zero-order valence-corrected chi connectivity index (χ0v) is 12.3. The lowest BCUT2D eigenvalue weighted by Crippen LogP contribution is -1.97. The SMILES string of the molecule is CC.Nc1ncc(Br)nc1C#CSI. The van der Waals surface area contributed by atoms with E-state index in [1.807, 2.05) is 13.8 Å². The normalized spacial score (nSPS) is 8.00. The molecule has 0 amide bonds. The Hall–Kier alpha value is -0.000000000000000111. The highest BCUT2D eigenvalue weighted by molar-refractivity contribution is 14.2. The number of aromatic nitrogens is 2. The monoisotopic (exact) mass is 385 g/mol. The van der Waals surface area contributed by atoms with Crippen molar-refractivity contribution in [3.63, 3.8) is 0 Å². The fourth-order valence-electron chi connectivity index (χ4n) is 0.537. The predicted molar refractivity (Wildman–Crippen MR) is 74.0 cm³/mol. The van der Waals surface area contributed by atoms with Crippen LogP contribution in [0.15, 0.2) is 10.8 Å². The van der Waals surface area contributed by atoms with E-state index >= 15 is 0 Å². The van der Waals surface area contributed by atoms with Crippen molar-refractivity contribution in [3.8, 4) is 11.2 Å². The number of anilines is 1. The minimum Gasteiger partial charge on any atom is -0.381 e. The Balaban J connectivity index is 0.000000791. The zero-order valence-electron chi connectivity index (χ0n) is 7.71. The minimum absolute atomic E-state index is 0.358. The molecule has 2 N–H and O–H groups in total. The van der Waals surface area contributed by atoms with Crippen molar-refractivity contribution in [2.24, 2.45) is 0 Å². The highest BCUT2D eigenvalue weighted by atomic mass is 127. The second-order valence-electron chi connectivity index (χ2n) is 1.73. The third-order valence-electron chi connectivity index (χ3n) is 0.979. The lowest BCUT2D eigenvalue weighted by atomic mass is 10.4. The topological polar surface area (TPSA) is 51.8 Å². The number of hydrogen-bond donors (Lipinski definition) is 1. The van der Waals surface area contributed by atoms with Crippen LogP contribution in [0.1, 0.15) is 19.5 Å². The molecule has 0 aromatic carbocycles. The molecule has 0 saturated heterocycles. The maximum absolute atomic E-state index is 5.52. The second-order valence-corrected chi connectivity index (χ2v) is 4.22. The number of rotatable bonds is 0. The predicted octanol–water partition coefficient (Wildman–Crippen LogP) is 3.24. The molecule has 0 aliphatic carbocycles. The number of halogens is 2. The van der Waals surface area contributed by atoms with Crippen LogP contribution in [-0.4, -0.2) is 9.97 Å². The standard InChI is InChI=1S/C6H3BrIN3S.C2H6/c7-5-3-10-6(9)4(11-5)1-2-12-8;1-2/h3H,(H2,9,10);1-2H3. The van der Waals surface area contributed by atoms with Crippen molar-refractivity contribution in [1.82, 2.24) is 9.97 Å². The Morgan fingerprint density at radius 2 is 2.21 bits per heavy atom. The van der Waals surface area contributed by atoms with Crippen LogP contribution >= 0.6 is 46.1 Å². The maximum Gasteiger partial charge on any atom is 0.158 e. The van der Waals surface area contributed by atoms with Gasteiger partial charge < -0.3 is 5.73 Å². The van der Waals surface area contributed by atoms with Gasteiger partial charge in [0.05, 0.1) is 6.20 Å². The summed E-state index contributed by atoms with van der Waals surface area (Å²) in [6.07, 6.45) is 1.54. The van der Waals surface area contributed by atoms with Gasteiger partial charge in [-0.15, -0.1) is 0 Å². The molecule has 1 aromatic heterocycles. The van der Waals surface area contributed by atoms with Gasteiger partial charge in [-0.1, -0.05) is 13.8 Å². The summed E-state index contributed by atoms with van der Waals surface area (Å²) < 4.78 is 0.638. The Bertz CT molecular complexity index is 348. The molecule has 0 aliphatic heterocycles. The first-order valence-corrected chi connectivity index (χ1v) is 7.96. The van der Waals surface area contributed by atoms with Gasteiger partial charge in [-0.25, -0.2) is 9.97 Å². The van der Waals surface area contributed by atoms with Crippen molar-refractivity contribution in [1.29, 1.82) is 0 Å². The quantitative estimate of drug-likeness (QED) is 0.550. The average Bonchev–Trinajstić information content (AvgIpc) is 2.22. The van der Waals surface area contributed by atoms with Crippen LogP contribution in [0.4, 0.5) is 5.82 Å². The summed E-state index contributed by atoms with van der Waals surface area (Å²) in [6, 6.07) is 0. The largest absolute Gasteiger partial charge is 0.381 e. The average molecular weight is 386 g/mol. The third-order valence-corrected chi connectivity index (χ3v) is 2.20. The van der Waals surface area contributed by atoms with E-state index in [0.29, 0.717) is 16.1 Å². The molecule has 0 bridgehead atoms. The van der Waals surface area contributed by atoms with E-state index < -0.39 is 0 Å². The van der Waals surface area contributed by atoms with E-state index in [1.54, 1.807) is 0 Å². The lowest BCUT2D eigenvalue weighted by Gasteiger charge is -1.94. The fourth-order valence-corrected chi connectivity index (χ4v) is 1.28. The van der Waals surface area contributed by atoms with Crippen molar-refractivity contribution in [2.45, 2.75) is 13.8 Å². The smallest absolute Gasteiger partial charge is 0.158 e. The zero-order chi connectivity index (χ0) is 11.0. The molecule has 0 unspecified atom stereocenters. The Morgan fingerprint density at radius 1 is 1.57 bits per heavy atom. The molecule has 0 aliphatic rings. The number of hydrogen-bond acceptors (Lipinski definition) is 4. The molecule has 76 valence electrons. The van der Waals surface area contributed by atoms with E-state index in [9.17, 15) is 0 Å². The number of nitrogen functional groups attached to an aromatic ring is 1. The van der Waals surface area contributed by atoms with Gasteiger partial charge in [0.2, 0.25) is 0 Å². The van der Waals surface area contributed by atoms with Crippen LogP contribution in [0.2, 0.25) is 0 Å². The van der Waals surface area contributed by atoms with E-state index in [4.69, 9.17) is 5.73 Å². The first-order valence-electron chi connectivity index (χ1n) is 3.80. The molecule has 1 rings (SSSR count). The van der Waals surface area contributed by atoms with Crippen LogP contribution in [0.25, 0.3) is 0 Å². The van der Waals surface area contributed by atoms with Gasteiger partial charge >= 0.3 is 0 Å². The van der Waals surface area contributed by atoms with Crippen molar-refractivity contribution in [2.75, 3.05) is 5.73 Å². The highest BCUT2D eigenvalue weighted by Gasteiger charge is 1.98. The summed E-state index contributed by atoms with van der Waals surface area (Å²) in [5.74, 6) is 3.14. The summed E-state index contributed by atoms with van der Waals surface area (Å²) in [6.45, 7) is 4.00. The highest BCUT2D eigenvalue weighted by Crippen LogP contribution is 2.11. The number of nitrogens with zero attached hydrogens (tertiary/aromatic N) is 2. The summed E-state index contributed by atoms with van der Waals surface area (Å²) in [5, 5.41) is 2.78. The van der Waals surface area contributed by atoms with Crippen molar-refractivity contribution >= 4 is 51.9 Å². The van der Waals surface area contributed by atoms with Crippen molar-refractivity contribution in [3.05, 3.63) is 16.5 Å². The molecular formula is C8H9BrIN3S. The van der Waals surface area contributed by atoms with E-state index in [-0.39, 0.29) is 0 Å². The second kappa shape index (κ2) is 8.32. The Labute approximate surface area is 108 Å². The maximum atomic E-state index is 5.52. The molecule has 6 heteroatoms. The van der Waals surface area contributed by atoms with Gasteiger partial charge in [0, 0.05) is 21.2 Å². The third kappa shape index (κ3) is 5.02. The molecule has 1 aromatic rings. The van der Waals surface area contributed by atoms with Crippen LogP contribution in [0, 0.1) is 11.2 Å². The van der Waals surface area contributed by atoms with Crippen LogP contribution in [-0.2, 0) is 0 Å². The Kier molecular flexibility index (Phi) is 8.32. The summed E-state index contributed by atoms with van der Waals surface area (Å²) in [7, 11) is 1.38. The number of nitrogens with two attached hydrogens (primary N) is 1. The molecule has 0 saturated carbocycles. The van der Waals surface area contributed by atoms with Crippen LogP contribution in [0.5, 0.6) is 0 Å². The molecule has 1 heterocycles. The molecular weight excluding hydrogens is 377 g/mol. The molecule has 0 spiro atoms. The lowest BCUT2D eigenvalue weighted by molar-refractivity contribution is 1.15. The first kappa shape index (κ1) is 14.0. The Morgan fingerprint density at radius 3 is 2.79 bits per heavy atom. The van der Waals surface area contributed by atoms with E-state index in [1.165, 1.54) is 15.1 Å². The summed E-state index contributed by atoms with van der Waals surface area (Å²) in [5.41, 5.74) is 6.03. The summed E-state index contributed by atoms with van der Waals surface area (Å²) in [4.78, 5) is 7.93. The van der Waals surface area contributed by atoms with Crippen LogP contribution < -0.4 is 5.73 Å². The van der Waals surface area contributed by atoms with Gasteiger partial charge in [0.15, 0.2) is 11.5 Å². The molecule has 0 atom stereocenters. The van der Waals surface area contributed by atoms with Crippen LogP contribution in [0.3, 0.4) is 0 Å². The minimum atomic E-state index is 0.358. The molecule has 3 nitrogen and oxygen atoms in total. The van der Waals surface area contributed by atoms with Gasteiger partial charge in [-0.05, 0) is 36.0 Å². The van der Waals surface area contributed by atoms with Gasteiger partial charge in [-0.2, -0.15) is 0 Å².